The molecule has 0 spiro atoms. The third-order valence-electron chi connectivity index (χ3n) is 4.86. The molecule has 0 aromatic carbocycles. The maximum absolute atomic E-state index is 11.3. The number of carboxylic acid groups (broad SMARTS) is 1. The highest BCUT2D eigenvalue weighted by molar-refractivity contribution is 5.74. The number of nitriles is 3. The summed E-state index contributed by atoms with van der Waals surface area (Å²) in [7, 11) is 0. The van der Waals surface area contributed by atoms with E-state index in [4.69, 9.17) is 0 Å². The second-order valence-electron chi connectivity index (χ2n) is 7.34. The van der Waals surface area contributed by atoms with Crippen LogP contribution in [0, 0.1) is 40.9 Å². The molecule has 2 heterocycles. The van der Waals surface area contributed by atoms with Crippen LogP contribution in [0.3, 0.4) is 0 Å². The van der Waals surface area contributed by atoms with Crippen molar-refractivity contribution in [2.45, 2.75) is 53.0 Å². The SMILES string of the molecule is CCCCNc1nc(NCCCC)c(N=Nc2nc(C#N)c(C#N)n2CC(=O)O)c(C)c1C#N. The number of rotatable bonds is 12. The average molecular weight is 463 g/mol. The van der Waals surface area contributed by atoms with E-state index < -0.39 is 12.5 Å². The van der Waals surface area contributed by atoms with Crippen LogP contribution in [0.25, 0.3) is 0 Å². The molecule has 176 valence electrons. The zero-order valence-corrected chi connectivity index (χ0v) is 19.4. The van der Waals surface area contributed by atoms with E-state index in [1.807, 2.05) is 0 Å². The summed E-state index contributed by atoms with van der Waals surface area (Å²) in [6.45, 7) is 6.50. The molecule has 0 fully saturated rings. The molecule has 2 aromatic heterocycles. The number of nitrogens with zero attached hydrogens (tertiary/aromatic N) is 8. The van der Waals surface area contributed by atoms with Gasteiger partial charge in [-0.1, -0.05) is 26.7 Å². The number of imidazole rings is 1. The molecule has 0 saturated carbocycles. The van der Waals surface area contributed by atoms with Crippen molar-refractivity contribution in [2.75, 3.05) is 23.7 Å². The molecule has 0 atom stereocenters. The van der Waals surface area contributed by atoms with Crippen molar-refractivity contribution < 1.29 is 9.90 Å². The van der Waals surface area contributed by atoms with E-state index in [1.165, 1.54) is 0 Å². The lowest BCUT2D eigenvalue weighted by Gasteiger charge is -2.15. The number of nitrogens with one attached hydrogen (secondary N) is 2. The summed E-state index contributed by atoms with van der Waals surface area (Å²) < 4.78 is 1.00. The van der Waals surface area contributed by atoms with Crippen LogP contribution in [0.5, 0.6) is 0 Å². The van der Waals surface area contributed by atoms with Crippen LogP contribution in [0.15, 0.2) is 10.2 Å². The molecule has 0 amide bonds. The summed E-state index contributed by atoms with van der Waals surface area (Å²) in [6.07, 6.45) is 3.75. The van der Waals surface area contributed by atoms with Crippen LogP contribution in [0.4, 0.5) is 23.3 Å². The fourth-order valence-corrected chi connectivity index (χ4v) is 3.06. The predicted molar refractivity (Wildman–Crippen MR) is 124 cm³/mol. The Morgan fingerprint density at radius 3 is 2.18 bits per heavy atom. The van der Waals surface area contributed by atoms with Crippen LogP contribution in [0.1, 0.15) is 62.0 Å². The van der Waals surface area contributed by atoms with Crippen molar-refractivity contribution in [3.63, 3.8) is 0 Å². The third kappa shape index (κ3) is 6.05. The summed E-state index contributed by atoms with van der Waals surface area (Å²) >= 11 is 0. The molecular weight excluding hydrogens is 436 g/mol. The molecule has 2 aromatic rings. The second-order valence-corrected chi connectivity index (χ2v) is 7.34. The molecule has 2 rings (SSSR count). The molecule has 0 unspecified atom stereocenters. The van der Waals surface area contributed by atoms with Gasteiger partial charge in [0.05, 0.1) is 5.56 Å². The van der Waals surface area contributed by atoms with Gasteiger partial charge in [-0.3, -0.25) is 9.36 Å². The van der Waals surface area contributed by atoms with Crippen molar-refractivity contribution in [3.05, 3.63) is 22.5 Å². The Labute approximate surface area is 197 Å². The number of hydrogen-bond acceptors (Lipinski definition) is 10. The number of hydrogen-bond donors (Lipinski definition) is 3. The molecular formula is C22H26N10O2. The van der Waals surface area contributed by atoms with E-state index in [0.29, 0.717) is 35.9 Å². The number of pyridine rings is 1. The Kier molecular flexibility index (Phi) is 9.48. The fraction of sp³-hybridized carbons (Fsp3) is 0.455. The first-order valence-electron chi connectivity index (χ1n) is 10.9. The van der Waals surface area contributed by atoms with Gasteiger partial charge in [-0.2, -0.15) is 20.8 Å². The molecule has 0 aliphatic carbocycles. The standard InChI is InChI=1S/C22H26N10O2/c1-4-6-8-26-20-15(10-23)14(3)19(21(29-20)27-9-7-5-2)30-31-22-28-16(11-24)17(12-25)32(22)13-18(33)34/h4-9,13H2,1-3H3,(H,33,34)(H2,26,27,29). The Balaban J connectivity index is 2.60. The smallest absolute Gasteiger partial charge is 0.323 e. The number of anilines is 2. The van der Waals surface area contributed by atoms with E-state index in [0.717, 1.165) is 30.3 Å². The third-order valence-corrected chi connectivity index (χ3v) is 4.86. The summed E-state index contributed by atoms with van der Waals surface area (Å²) in [5.41, 5.74) is 0.660. The molecule has 0 aliphatic heterocycles. The summed E-state index contributed by atoms with van der Waals surface area (Å²) in [4.78, 5) is 19.8. The van der Waals surface area contributed by atoms with Crippen LogP contribution >= 0.6 is 0 Å². The van der Waals surface area contributed by atoms with Gasteiger partial charge < -0.3 is 15.7 Å². The van der Waals surface area contributed by atoms with Gasteiger partial charge in [0.1, 0.15) is 36.3 Å². The van der Waals surface area contributed by atoms with Crippen LogP contribution < -0.4 is 10.6 Å². The quantitative estimate of drug-likeness (QED) is 0.307. The van der Waals surface area contributed by atoms with Crippen LogP contribution in [-0.4, -0.2) is 38.7 Å². The molecule has 12 heteroatoms. The van der Waals surface area contributed by atoms with Gasteiger partial charge in [0, 0.05) is 18.7 Å². The highest BCUT2D eigenvalue weighted by atomic mass is 16.4. The fourth-order valence-electron chi connectivity index (χ4n) is 3.06. The minimum absolute atomic E-state index is 0.210. The topological polar surface area (TPSA) is 188 Å². The van der Waals surface area contributed by atoms with E-state index >= 15 is 0 Å². The lowest BCUT2D eigenvalue weighted by atomic mass is 10.1. The number of unbranched alkanes of at least 4 members (excludes halogenated alkanes) is 2. The van der Waals surface area contributed by atoms with Gasteiger partial charge in [-0.15, -0.1) is 10.2 Å². The number of aromatic nitrogens is 3. The average Bonchev–Trinajstić information content (AvgIpc) is 3.14. The maximum Gasteiger partial charge on any atom is 0.323 e. The van der Waals surface area contributed by atoms with Crippen molar-refractivity contribution >= 4 is 29.2 Å². The predicted octanol–water partition coefficient (Wildman–Crippen LogP) is 4.13. The first-order chi connectivity index (χ1) is 16.4. The van der Waals surface area contributed by atoms with Crippen LogP contribution in [0.2, 0.25) is 0 Å². The minimum Gasteiger partial charge on any atom is -0.480 e. The first-order valence-corrected chi connectivity index (χ1v) is 10.9. The zero-order chi connectivity index (χ0) is 25.1. The second kappa shape index (κ2) is 12.5. The number of aliphatic carboxylic acids is 1. The van der Waals surface area contributed by atoms with Gasteiger partial charge in [-0.25, -0.2) is 4.98 Å². The van der Waals surface area contributed by atoms with Crippen molar-refractivity contribution in [3.8, 4) is 18.2 Å². The summed E-state index contributed by atoms with van der Waals surface area (Å²) in [5.74, 6) is -0.593. The number of carbonyl (C=O) groups is 1. The first kappa shape index (κ1) is 25.8. The van der Waals surface area contributed by atoms with Crippen molar-refractivity contribution in [1.82, 2.24) is 14.5 Å². The normalized spacial score (nSPS) is 10.5. The van der Waals surface area contributed by atoms with Gasteiger partial charge >= 0.3 is 5.97 Å². The van der Waals surface area contributed by atoms with Gasteiger partial charge in [-0.05, 0) is 19.8 Å². The van der Waals surface area contributed by atoms with Crippen molar-refractivity contribution in [1.29, 1.82) is 15.8 Å². The minimum atomic E-state index is -1.23. The number of azo groups is 1. The Hall–Kier alpha value is -4.50. The van der Waals surface area contributed by atoms with E-state index in [1.54, 1.807) is 19.1 Å². The maximum atomic E-state index is 11.3. The Bertz CT molecular complexity index is 1190. The Morgan fingerprint density at radius 2 is 1.65 bits per heavy atom. The molecule has 0 saturated heterocycles. The molecule has 12 nitrogen and oxygen atoms in total. The lowest BCUT2D eigenvalue weighted by Crippen LogP contribution is -2.11. The molecule has 34 heavy (non-hydrogen) atoms. The van der Waals surface area contributed by atoms with Gasteiger partial charge in [0.15, 0.2) is 17.2 Å². The monoisotopic (exact) mass is 462 g/mol. The number of carboxylic acids is 1. The Morgan fingerprint density at radius 1 is 1.00 bits per heavy atom. The molecule has 0 bridgehead atoms. The van der Waals surface area contributed by atoms with Crippen LogP contribution in [-0.2, 0) is 11.3 Å². The highest BCUT2D eigenvalue weighted by Crippen LogP contribution is 2.35. The van der Waals surface area contributed by atoms with E-state index in [-0.39, 0.29) is 23.0 Å². The van der Waals surface area contributed by atoms with Gasteiger partial charge in [0.25, 0.3) is 5.95 Å². The zero-order valence-electron chi connectivity index (χ0n) is 19.4. The largest absolute Gasteiger partial charge is 0.480 e. The van der Waals surface area contributed by atoms with Crippen molar-refractivity contribution in [2.24, 2.45) is 10.2 Å². The lowest BCUT2D eigenvalue weighted by molar-refractivity contribution is -0.137. The summed E-state index contributed by atoms with van der Waals surface area (Å²) in [6, 6.07) is 5.70. The molecule has 3 N–H and O–H groups in total. The van der Waals surface area contributed by atoms with Gasteiger partial charge in [0.2, 0.25) is 0 Å². The summed E-state index contributed by atoms with van der Waals surface area (Å²) in [5, 5.41) is 52.2. The molecule has 0 aliphatic rings. The highest BCUT2D eigenvalue weighted by Gasteiger charge is 2.21. The van der Waals surface area contributed by atoms with E-state index in [9.17, 15) is 25.7 Å². The molecule has 0 radical (unpaired) electrons. The van der Waals surface area contributed by atoms with E-state index in [2.05, 4.69) is 50.7 Å².